The van der Waals surface area contributed by atoms with E-state index in [-0.39, 0.29) is 11.5 Å². The van der Waals surface area contributed by atoms with Crippen LogP contribution >= 0.6 is 0 Å². The van der Waals surface area contributed by atoms with Gasteiger partial charge in [0.1, 0.15) is 17.4 Å². The SMILES string of the molecule is COc1ccc(N(C)c2cc([N+](=O)[O-])cc(NN)n2)cc1. The Morgan fingerprint density at radius 2 is 2.00 bits per heavy atom. The molecule has 0 fully saturated rings. The van der Waals surface area contributed by atoms with Crippen molar-refractivity contribution in [1.82, 2.24) is 4.98 Å². The van der Waals surface area contributed by atoms with E-state index >= 15 is 0 Å². The van der Waals surface area contributed by atoms with Crippen LogP contribution in [0.25, 0.3) is 0 Å². The molecule has 1 aromatic heterocycles. The third kappa shape index (κ3) is 3.18. The molecule has 0 unspecified atom stereocenters. The number of aromatic nitrogens is 1. The van der Waals surface area contributed by atoms with Gasteiger partial charge in [-0.15, -0.1) is 0 Å². The highest BCUT2D eigenvalue weighted by Gasteiger charge is 2.14. The van der Waals surface area contributed by atoms with Gasteiger partial charge >= 0.3 is 0 Å². The lowest BCUT2D eigenvalue weighted by Gasteiger charge is -2.19. The maximum absolute atomic E-state index is 10.9. The lowest BCUT2D eigenvalue weighted by Crippen LogP contribution is -2.15. The van der Waals surface area contributed by atoms with Gasteiger partial charge in [0, 0.05) is 12.7 Å². The highest BCUT2D eigenvalue weighted by molar-refractivity contribution is 5.64. The Morgan fingerprint density at radius 3 is 2.52 bits per heavy atom. The van der Waals surface area contributed by atoms with E-state index in [2.05, 4.69) is 10.4 Å². The molecule has 0 saturated carbocycles. The van der Waals surface area contributed by atoms with Gasteiger partial charge < -0.3 is 15.1 Å². The molecule has 3 N–H and O–H groups in total. The topological polar surface area (TPSA) is 107 Å². The lowest BCUT2D eigenvalue weighted by atomic mass is 10.2. The molecule has 21 heavy (non-hydrogen) atoms. The molecule has 8 nitrogen and oxygen atoms in total. The minimum Gasteiger partial charge on any atom is -0.497 e. The van der Waals surface area contributed by atoms with Crippen LogP contribution in [0.3, 0.4) is 0 Å². The molecule has 8 heteroatoms. The number of pyridine rings is 1. The molecule has 0 amide bonds. The molecule has 0 aliphatic heterocycles. The second-order valence-electron chi connectivity index (χ2n) is 4.23. The first-order chi connectivity index (χ1) is 10.0. The van der Waals surface area contributed by atoms with Crippen LogP contribution < -0.4 is 20.9 Å². The van der Waals surface area contributed by atoms with Gasteiger partial charge in [0.15, 0.2) is 0 Å². The van der Waals surface area contributed by atoms with Gasteiger partial charge in [-0.25, -0.2) is 10.8 Å². The number of ether oxygens (including phenoxy) is 1. The first-order valence-electron chi connectivity index (χ1n) is 6.06. The molecule has 0 bridgehead atoms. The third-order valence-corrected chi connectivity index (χ3v) is 2.96. The maximum Gasteiger partial charge on any atom is 0.276 e. The number of rotatable bonds is 5. The Morgan fingerprint density at radius 1 is 1.33 bits per heavy atom. The molecule has 0 spiro atoms. The van der Waals surface area contributed by atoms with E-state index < -0.39 is 4.92 Å². The number of benzene rings is 1. The smallest absolute Gasteiger partial charge is 0.276 e. The van der Waals surface area contributed by atoms with Gasteiger partial charge in [0.25, 0.3) is 5.69 Å². The second-order valence-corrected chi connectivity index (χ2v) is 4.23. The minimum absolute atomic E-state index is 0.0895. The predicted octanol–water partition coefficient (Wildman–Crippen LogP) is 2.05. The second kappa shape index (κ2) is 6.06. The van der Waals surface area contributed by atoms with E-state index in [1.807, 2.05) is 12.1 Å². The molecule has 0 aliphatic rings. The summed E-state index contributed by atoms with van der Waals surface area (Å²) in [5.74, 6) is 6.65. The summed E-state index contributed by atoms with van der Waals surface area (Å²) < 4.78 is 5.09. The van der Waals surface area contributed by atoms with Crippen molar-refractivity contribution < 1.29 is 9.66 Å². The quantitative estimate of drug-likeness (QED) is 0.493. The van der Waals surface area contributed by atoms with Crippen molar-refractivity contribution in [2.24, 2.45) is 5.84 Å². The third-order valence-electron chi connectivity index (χ3n) is 2.96. The Labute approximate surface area is 121 Å². The summed E-state index contributed by atoms with van der Waals surface area (Å²) in [6.07, 6.45) is 0. The zero-order valence-corrected chi connectivity index (χ0v) is 11.6. The molecule has 0 atom stereocenters. The average molecular weight is 289 g/mol. The number of nitrogens with two attached hydrogens (primary N) is 1. The summed E-state index contributed by atoms with van der Waals surface area (Å²) in [5, 5.41) is 10.9. The Kier molecular flexibility index (Phi) is 4.19. The van der Waals surface area contributed by atoms with Crippen molar-refractivity contribution >= 4 is 23.0 Å². The van der Waals surface area contributed by atoms with Crippen molar-refractivity contribution in [2.75, 3.05) is 24.5 Å². The molecule has 2 rings (SSSR count). The highest BCUT2D eigenvalue weighted by Crippen LogP contribution is 2.28. The Balaban J connectivity index is 2.38. The van der Waals surface area contributed by atoms with Gasteiger partial charge in [-0.3, -0.25) is 10.1 Å². The van der Waals surface area contributed by atoms with E-state index in [4.69, 9.17) is 10.6 Å². The number of nitrogens with zero attached hydrogens (tertiary/aromatic N) is 3. The average Bonchev–Trinajstić information content (AvgIpc) is 2.53. The molecule has 0 aliphatic carbocycles. The number of nitro groups is 1. The summed E-state index contributed by atoms with van der Waals surface area (Å²) in [6.45, 7) is 0. The standard InChI is InChI=1S/C13H15N5O3/c1-17(9-3-5-11(21-2)6-4-9)13-8-10(18(19)20)7-12(15-13)16-14/h3-8H,14H2,1-2H3,(H,15,16). The van der Waals surface area contributed by atoms with Crippen LogP contribution in [0.15, 0.2) is 36.4 Å². The van der Waals surface area contributed by atoms with Gasteiger partial charge in [-0.1, -0.05) is 0 Å². The fraction of sp³-hybridized carbons (Fsp3) is 0.154. The van der Waals surface area contributed by atoms with Crippen LogP contribution in [0.1, 0.15) is 0 Å². The number of hydrazine groups is 1. The van der Waals surface area contributed by atoms with Crippen molar-refractivity contribution in [3.63, 3.8) is 0 Å². The number of hydrogen-bond donors (Lipinski definition) is 2. The van der Waals surface area contributed by atoms with Gasteiger partial charge in [-0.2, -0.15) is 0 Å². The first-order valence-corrected chi connectivity index (χ1v) is 6.06. The largest absolute Gasteiger partial charge is 0.497 e. The molecule has 110 valence electrons. The Hall–Kier alpha value is -2.87. The predicted molar refractivity (Wildman–Crippen MR) is 79.8 cm³/mol. The van der Waals surface area contributed by atoms with E-state index in [0.29, 0.717) is 5.82 Å². The van der Waals surface area contributed by atoms with Crippen LogP contribution in [-0.2, 0) is 0 Å². The van der Waals surface area contributed by atoms with Crippen LogP contribution in [0, 0.1) is 10.1 Å². The van der Waals surface area contributed by atoms with Crippen molar-refractivity contribution in [2.45, 2.75) is 0 Å². The molecular formula is C13H15N5O3. The van der Waals surface area contributed by atoms with E-state index in [0.717, 1.165) is 11.4 Å². The summed E-state index contributed by atoms with van der Waals surface area (Å²) >= 11 is 0. The molecule has 1 aromatic carbocycles. The lowest BCUT2D eigenvalue weighted by molar-refractivity contribution is -0.384. The van der Waals surface area contributed by atoms with E-state index in [1.54, 1.807) is 31.2 Å². The fourth-order valence-corrected chi connectivity index (χ4v) is 1.79. The highest BCUT2D eigenvalue weighted by atomic mass is 16.6. The van der Waals surface area contributed by atoms with E-state index in [9.17, 15) is 10.1 Å². The zero-order valence-electron chi connectivity index (χ0n) is 11.6. The van der Waals surface area contributed by atoms with Crippen LogP contribution in [0.5, 0.6) is 5.75 Å². The maximum atomic E-state index is 10.9. The minimum atomic E-state index is -0.492. The van der Waals surface area contributed by atoms with Crippen molar-refractivity contribution in [3.8, 4) is 5.75 Å². The fourth-order valence-electron chi connectivity index (χ4n) is 1.79. The van der Waals surface area contributed by atoms with Gasteiger partial charge in [0.2, 0.25) is 0 Å². The summed E-state index contributed by atoms with van der Waals surface area (Å²) in [5.41, 5.74) is 3.05. The first kappa shape index (κ1) is 14.5. The van der Waals surface area contributed by atoms with E-state index in [1.165, 1.54) is 12.1 Å². The Bertz CT molecular complexity index is 645. The number of nitrogens with one attached hydrogen (secondary N) is 1. The van der Waals surface area contributed by atoms with Crippen LogP contribution in [0.4, 0.5) is 23.0 Å². The summed E-state index contributed by atoms with van der Waals surface area (Å²) in [6, 6.07) is 9.90. The van der Waals surface area contributed by atoms with Crippen LogP contribution in [0.2, 0.25) is 0 Å². The van der Waals surface area contributed by atoms with Gasteiger partial charge in [0.05, 0.1) is 24.2 Å². The normalized spacial score (nSPS) is 10.0. The molecule has 1 heterocycles. The zero-order chi connectivity index (χ0) is 15.4. The number of methoxy groups -OCH3 is 1. The summed E-state index contributed by atoms with van der Waals surface area (Å²) in [4.78, 5) is 16.4. The molecule has 0 saturated heterocycles. The van der Waals surface area contributed by atoms with Crippen LogP contribution in [-0.4, -0.2) is 24.1 Å². The number of hydrogen-bond acceptors (Lipinski definition) is 7. The van der Waals surface area contributed by atoms with Gasteiger partial charge in [-0.05, 0) is 24.3 Å². The molecule has 2 aromatic rings. The number of nitrogen functional groups attached to an aromatic ring is 1. The van der Waals surface area contributed by atoms with Crippen molar-refractivity contribution in [1.29, 1.82) is 0 Å². The monoisotopic (exact) mass is 289 g/mol. The molecular weight excluding hydrogens is 274 g/mol. The summed E-state index contributed by atoms with van der Waals surface area (Å²) in [7, 11) is 3.34. The number of anilines is 3. The molecule has 0 radical (unpaired) electrons. The van der Waals surface area contributed by atoms with Crippen molar-refractivity contribution in [3.05, 3.63) is 46.5 Å².